The molecule has 0 radical (unpaired) electrons. The number of carbonyl (C=O) groups is 2. The maximum absolute atomic E-state index is 12.6. The third-order valence-corrected chi connectivity index (χ3v) is 6.60. The van der Waals surface area contributed by atoms with Crippen molar-refractivity contribution in [2.24, 2.45) is 0 Å². The van der Waals surface area contributed by atoms with Gasteiger partial charge in [-0.3, -0.25) is 9.59 Å². The maximum Gasteiger partial charge on any atom is 0.272 e. The molecule has 3 heterocycles. The molecule has 1 aromatic heterocycles. The normalized spacial score (nSPS) is 20.4. The second kappa shape index (κ2) is 7.97. The molecule has 0 aliphatic carbocycles. The van der Waals surface area contributed by atoms with Gasteiger partial charge in [-0.1, -0.05) is 11.6 Å². The largest absolute Gasteiger partial charge is 0.341 e. The summed E-state index contributed by atoms with van der Waals surface area (Å²) < 4.78 is 23.0. The van der Waals surface area contributed by atoms with E-state index in [9.17, 15) is 18.0 Å². The zero-order valence-corrected chi connectivity index (χ0v) is 16.6. The molecule has 2 fully saturated rings. The van der Waals surface area contributed by atoms with E-state index in [1.165, 1.54) is 11.1 Å². The first-order chi connectivity index (χ1) is 12.8. The third kappa shape index (κ3) is 4.67. The van der Waals surface area contributed by atoms with Gasteiger partial charge in [-0.05, 0) is 19.8 Å². The van der Waals surface area contributed by atoms with E-state index in [0.29, 0.717) is 5.95 Å². The number of aromatic nitrogens is 2. The topological polar surface area (TPSA) is 113 Å². The van der Waals surface area contributed by atoms with Crippen LogP contribution in [0, 0.1) is 0 Å². The summed E-state index contributed by atoms with van der Waals surface area (Å²) in [7, 11) is -3.08. The summed E-state index contributed by atoms with van der Waals surface area (Å²) in [6.07, 6.45) is 3.48. The predicted molar refractivity (Wildman–Crippen MR) is 101 cm³/mol. The summed E-state index contributed by atoms with van der Waals surface area (Å²) in [5, 5.41) is 2.71. The van der Waals surface area contributed by atoms with Gasteiger partial charge in [-0.25, -0.2) is 18.4 Å². The summed E-state index contributed by atoms with van der Waals surface area (Å²) >= 11 is 6.07. The van der Waals surface area contributed by atoms with Crippen LogP contribution in [-0.2, 0) is 14.6 Å². The van der Waals surface area contributed by atoms with E-state index in [2.05, 4.69) is 15.3 Å². The minimum Gasteiger partial charge on any atom is -0.341 e. The van der Waals surface area contributed by atoms with Gasteiger partial charge in [0, 0.05) is 26.2 Å². The number of anilines is 1. The lowest BCUT2D eigenvalue weighted by Gasteiger charge is -2.29. The quantitative estimate of drug-likeness (QED) is 0.742. The van der Waals surface area contributed by atoms with Crippen molar-refractivity contribution in [3.05, 3.63) is 16.9 Å². The lowest BCUT2D eigenvalue weighted by Crippen LogP contribution is -2.51. The van der Waals surface area contributed by atoms with Crippen LogP contribution in [0.4, 0.5) is 5.95 Å². The molecule has 27 heavy (non-hydrogen) atoms. The molecule has 9 nitrogen and oxygen atoms in total. The van der Waals surface area contributed by atoms with Crippen LogP contribution in [0.15, 0.2) is 6.20 Å². The zero-order valence-electron chi connectivity index (χ0n) is 15.0. The number of hydrogen-bond acceptors (Lipinski definition) is 7. The molecule has 0 saturated carbocycles. The van der Waals surface area contributed by atoms with E-state index in [-0.39, 0.29) is 41.2 Å². The lowest BCUT2D eigenvalue weighted by atomic mass is 10.2. The van der Waals surface area contributed by atoms with Crippen molar-refractivity contribution in [2.45, 2.75) is 25.8 Å². The minimum absolute atomic E-state index is 0.0226. The fourth-order valence-electron chi connectivity index (χ4n) is 3.12. The highest BCUT2D eigenvalue weighted by atomic mass is 35.5. The Labute approximate surface area is 163 Å². The van der Waals surface area contributed by atoms with E-state index < -0.39 is 21.8 Å². The summed E-state index contributed by atoms with van der Waals surface area (Å²) in [6.45, 7) is 3.48. The number of halogens is 1. The predicted octanol–water partition coefficient (Wildman–Crippen LogP) is 0.106. The minimum atomic E-state index is -3.08. The molecule has 1 unspecified atom stereocenters. The standard InChI is InChI=1S/C16H22ClN5O4S/c1-11(15(24)21-6-8-27(25,26)9-7-21)19-14(23)13-12(17)10-18-16(20-13)22-4-2-3-5-22/h10-11H,2-9H2,1H3,(H,19,23). The second-order valence-electron chi connectivity index (χ2n) is 6.73. The van der Waals surface area contributed by atoms with E-state index >= 15 is 0 Å². The van der Waals surface area contributed by atoms with Crippen LogP contribution in [0.5, 0.6) is 0 Å². The number of nitrogens with zero attached hydrogens (tertiary/aromatic N) is 4. The highest BCUT2D eigenvalue weighted by Crippen LogP contribution is 2.20. The van der Waals surface area contributed by atoms with E-state index in [1.807, 2.05) is 4.90 Å². The summed E-state index contributed by atoms with van der Waals surface area (Å²) in [5.41, 5.74) is 0.0226. The van der Waals surface area contributed by atoms with Crippen LogP contribution in [0.2, 0.25) is 5.02 Å². The average molecular weight is 416 g/mol. The van der Waals surface area contributed by atoms with Gasteiger partial charge in [0.2, 0.25) is 11.9 Å². The number of amides is 2. The fourth-order valence-corrected chi connectivity index (χ4v) is 4.50. The molecule has 0 aromatic carbocycles. The molecule has 0 bridgehead atoms. The molecule has 2 saturated heterocycles. The fraction of sp³-hybridized carbons (Fsp3) is 0.625. The zero-order chi connectivity index (χ0) is 19.6. The van der Waals surface area contributed by atoms with Crippen molar-refractivity contribution in [3.63, 3.8) is 0 Å². The maximum atomic E-state index is 12.6. The molecule has 1 aromatic rings. The van der Waals surface area contributed by atoms with Gasteiger partial charge in [-0.15, -0.1) is 0 Å². The molecule has 2 aliphatic rings. The highest BCUT2D eigenvalue weighted by Gasteiger charge is 2.29. The Morgan fingerprint density at radius 3 is 2.44 bits per heavy atom. The monoisotopic (exact) mass is 415 g/mol. The van der Waals surface area contributed by atoms with Crippen LogP contribution in [0.25, 0.3) is 0 Å². The van der Waals surface area contributed by atoms with Gasteiger partial charge in [0.05, 0.1) is 22.7 Å². The molecular formula is C16H22ClN5O4S. The molecular weight excluding hydrogens is 394 g/mol. The van der Waals surface area contributed by atoms with Gasteiger partial charge in [0.15, 0.2) is 15.5 Å². The first-order valence-electron chi connectivity index (χ1n) is 8.84. The van der Waals surface area contributed by atoms with Crippen molar-refractivity contribution < 1.29 is 18.0 Å². The Morgan fingerprint density at radius 2 is 1.81 bits per heavy atom. The highest BCUT2D eigenvalue weighted by molar-refractivity contribution is 7.91. The van der Waals surface area contributed by atoms with Crippen molar-refractivity contribution in [2.75, 3.05) is 42.6 Å². The molecule has 2 amide bonds. The average Bonchev–Trinajstić information content (AvgIpc) is 3.16. The number of nitrogens with one attached hydrogen (secondary N) is 1. The number of carbonyl (C=O) groups excluding carboxylic acids is 2. The smallest absolute Gasteiger partial charge is 0.272 e. The van der Waals surface area contributed by atoms with Crippen LogP contribution in [-0.4, -0.2) is 78.8 Å². The van der Waals surface area contributed by atoms with Gasteiger partial charge < -0.3 is 15.1 Å². The lowest BCUT2D eigenvalue weighted by molar-refractivity contribution is -0.132. The number of sulfone groups is 1. The molecule has 3 rings (SSSR count). The molecule has 0 spiro atoms. The Bertz CT molecular complexity index is 827. The summed E-state index contributed by atoms with van der Waals surface area (Å²) in [5.74, 6) is -0.564. The van der Waals surface area contributed by atoms with Crippen LogP contribution in [0.1, 0.15) is 30.3 Å². The van der Waals surface area contributed by atoms with Gasteiger partial charge in [0.1, 0.15) is 6.04 Å². The third-order valence-electron chi connectivity index (χ3n) is 4.71. The van der Waals surface area contributed by atoms with E-state index in [4.69, 9.17) is 11.6 Å². The van der Waals surface area contributed by atoms with Gasteiger partial charge in [0.25, 0.3) is 5.91 Å². The number of rotatable bonds is 4. The Hall–Kier alpha value is -1.94. The van der Waals surface area contributed by atoms with Crippen molar-refractivity contribution in [3.8, 4) is 0 Å². The molecule has 148 valence electrons. The van der Waals surface area contributed by atoms with E-state index in [1.54, 1.807) is 6.92 Å². The molecule has 1 N–H and O–H groups in total. The Balaban J connectivity index is 1.65. The van der Waals surface area contributed by atoms with Gasteiger partial charge in [-0.2, -0.15) is 0 Å². The first kappa shape index (κ1) is 19.8. The van der Waals surface area contributed by atoms with Crippen LogP contribution in [0.3, 0.4) is 0 Å². The second-order valence-corrected chi connectivity index (χ2v) is 9.44. The molecule has 2 aliphatic heterocycles. The van der Waals surface area contributed by atoms with Crippen LogP contribution >= 0.6 is 11.6 Å². The van der Waals surface area contributed by atoms with Crippen molar-refractivity contribution in [1.29, 1.82) is 0 Å². The Morgan fingerprint density at radius 1 is 1.19 bits per heavy atom. The summed E-state index contributed by atoms with van der Waals surface area (Å²) in [6, 6.07) is -0.820. The molecule has 11 heteroatoms. The number of hydrogen-bond donors (Lipinski definition) is 1. The molecule has 1 atom stereocenters. The van der Waals surface area contributed by atoms with Gasteiger partial charge >= 0.3 is 0 Å². The van der Waals surface area contributed by atoms with Crippen molar-refractivity contribution >= 4 is 39.2 Å². The SMILES string of the molecule is CC(NC(=O)c1nc(N2CCCC2)ncc1Cl)C(=O)N1CCS(=O)(=O)CC1. The Kier molecular flexibility index (Phi) is 5.85. The van der Waals surface area contributed by atoms with Crippen molar-refractivity contribution in [1.82, 2.24) is 20.2 Å². The summed E-state index contributed by atoms with van der Waals surface area (Å²) in [4.78, 5) is 36.9. The van der Waals surface area contributed by atoms with Crippen LogP contribution < -0.4 is 10.2 Å². The van der Waals surface area contributed by atoms with E-state index in [0.717, 1.165) is 25.9 Å². The first-order valence-corrected chi connectivity index (χ1v) is 11.0.